The van der Waals surface area contributed by atoms with Crippen LogP contribution >= 0.6 is 11.3 Å². The van der Waals surface area contributed by atoms with Crippen LogP contribution in [0.5, 0.6) is 11.5 Å². The number of aromatic nitrogens is 4. The fourth-order valence-corrected chi connectivity index (χ4v) is 5.98. The molecule has 192 valence electrons. The second-order valence-electron chi connectivity index (χ2n) is 10.0. The van der Waals surface area contributed by atoms with Crippen molar-refractivity contribution in [1.29, 1.82) is 0 Å². The van der Waals surface area contributed by atoms with Crippen molar-refractivity contribution in [2.75, 3.05) is 16.8 Å². The van der Waals surface area contributed by atoms with Crippen molar-refractivity contribution in [3.8, 4) is 33.9 Å². The zero-order valence-corrected chi connectivity index (χ0v) is 22.0. The summed E-state index contributed by atoms with van der Waals surface area (Å²) in [5, 5.41) is 4.66. The molecule has 0 aliphatic heterocycles. The fourth-order valence-electron chi connectivity index (χ4n) is 4.93. The van der Waals surface area contributed by atoms with Crippen LogP contribution in [0.2, 0.25) is 0 Å². The number of rotatable bonds is 6. The summed E-state index contributed by atoms with van der Waals surface area (Å²) in [6, 6.07) is 15.3. The minimum atomic E-state index is 0.117. The molecule has 38 heavy (non-hydrogen) atoms. The van der Waals surface area contributed by atoms with Crippen LogP contribution in [-0.2, 0) is 0 Å². The van der Waals surface area contributed by atoms with Crippen LogP contribution in [0.25, 0.3) is 32.6 Å². The molecule has 1 aromatic carbocycles. The molecule has 4 heterocycles. The molecule has 5 aromatic rings. The summed E-state index contributed by atoms with van der Waals surface area (Å²) < 4.78 is 7.35. The number of anilines is 3. The predicted molar refractivity (Wildman–Crippen MR) is 154 cm³/mol. The lowest BCUT2D eigenvalue weighted by Gasteiger charge is -2.34. The molecule has 0 bridgehead atoms. The Kier molecular flexibility index (Phi) is 6.29. The van der Waals surface area contributed by atoms with Gasteiger partial charge >= 0.3 is 0 Å². The number of nitrogens with one attached hydrogen (secondary N) is 1. The van der Waals surface area contributed by atoms with Crippen molar-refractivity contribution in [2.24, 2.45) is 0 Å². The van der Waals surface area contributed by atoms with Crippen LogP contribution in [0.15, 0.2) is 67.1 Å². The van der Waals surface area contributed by atoms with E-state index >= 15 is 0 Å². The Bertz CT molecular complexity index is 1580. The Morgan fingerprint density at radius 2 is 1.55 bits per heavy atom. The van der Waals surface area contributed by atoms with Gasteiger partial charge in [-0.3, -0.25) is 4.98 Å². The van der Waals surface area contributed by atoms with Gasteiger partial charge < -0.3 is 21.5 Å². The largest absolute Gasteiger partial charge is 0.456 e. The first-order valence-electron chi connectivity index (χ1n) is 12.7. The van der Waals surface area contributed by atoms with Crippen LogP contribution in [0, 0.1) is 0 Å². The summed E-state index contributed by atoms with van der Waals surface area (Å²) >= 11 is 1.66. The second-order valence-corrected chi connectivity index (χ2v) is 11.0. The molecule has 6 rings (SSSR count). The van der Waals surface area contributed by atoms with Gasteiger partial charge in [-0.05, 0) is 62.2 Å². The van der Waals surface area contributed by atoms with E-state index in [1.165, 1.54) is 32.1 Å². The molecule has 0 unspecified atom stereocenters. The van der Waals surface area contributed by atoms with E-state index in [9.17, 15) is 0 Å². The maximum Gasteiger partial charge on any atom is 0.184 e. The lowest BCUT2D eigenvalue weighted by atomic mass is 9.83. The van der Waals surface area contributed by atoms with Gasteiger partial charge in [0.25, 0.3) is 0 Å². The first-order valence-corrected chi connectivity index (χ1v) is 13.6. The Morgan fingerprint density at radius 1 is 0.816 bits per heavy atom. The van der Waals surface area contributed by atoms with Crippen molar-refractivity contribution in [3.63, 3.8) is 0 Å². The summed E-state index contributed by atoms with van der Waals surface area (Å²) in [7, 11) is 0. The monoisotopic (exact) mass is 523 g/mol. The standard InChI is InChI=1S/C29H29N7OS/c1-29(11-3-2-4-12-29)36-28-35-23-8-7-20(14-24(23)38-28)37-21-13-22(18-5-9-25(30)32-15-18)27(34-17-21)19-6-10-26(31)33-16-19/h5-10,13-17H,2-4,11-12H2,1H3,(H2,30,32)(H2,31,33)(H,35,36). The zero-order chi connectivity index (χ0) is 26.1. The molecule has 5 N–H and O–H groups in total. The summed E-state index contributed by atoms with van der Waals surface area (Å²) in [4.78, 5) is 18.0. The molecule has 9 heteroatoms. The van der Waals surface area contributed by atoms with Gasteiger partial charge in [-0.25, -0.2) is 15.0 Å². The van der Waals surface area contributed by atoms with Crippen molar-refractivity contribution in [2.45, 2.75) is 44.6 Å². The van der Waals surface area contributed by atoms with E-state index in [1.54, 1.807) is 42.1 Å². The number of hydrogen-bond donors (Lipinski definition) is 3. The molecule has 1 aliphatic rings. The highest BCUT2D eigenvalue weighted by Crippen LogP contribution is 2.38. The second kappa shape index (κ2) is 9.90. The summed E-state index contributed by atoms with van der Waals surface area (Å²) in [6.45, 7) is 2.30. The predicted octanol–water partition coefficient (Wildman–Crippen LogP) is 6.91. The Hall–Kier alpha value is -4.24. The van der Waals surface area contributed by atoms with Crippen LogP contribution < -0.4 is 21.5 Å². The third-order valence-corrected chi connectivity index (χ3v) is 7.91. The Morgan fingerprint density at radius 3 is 2.26 bits per heavy atom. The third-order valence-electron chi connectivity index (χ3n) is 6.98. The number of ether oxygens (including phenoxy) is 1. The van der Waals surface area contributed by atoms with E-state index in [4.69, 9.17) is 26.2 Å². The zero-order valence-electron chi connectivity index (χ0n) is 21.1. The van der Waals surface area contributed by atoms with Crippen molar-refractivity contribution < 1.29 is 4.74 Å². The minimum Gasteiger partial charge on any atom is -0.456 e. The fraction of sp³-hybridized carbons (Fsp3) is 0.241. The van der Waals surface area contributed by atoms with Gasteiger partial charge in [0, 0.05) is 40.7 Å². The molecule has 1 saturated carbocycles. The first-order chi connectivity index (χ1) is 18.4. The number of nitrogens with zero attached hydrogens (tertiary/aromatic N) is 4. The average molecular weight is 524 g/mol. The molecule has 0 atom stereocenters. The van der Waals surface area contributed by atoms with Gasteiger partial charge in [-0.15, -0.1) is 0 Å². The molecule has 0 spiro atoms. The lowest BCUT2D eigenvalue weighted by Crippen LogP contribution is -2.36. The van der Waals surface area contributed by atoms with Gasteiger partial charge in [0.15, 0.2) is 5.13 Å². The van der Waals surface area contributed by atoms with Gasteiger partial charge in [0.2, 0.25) is 0 Å². The lowest BCUT2D eigenvalue weighted by molar-refractivity contribution is 0.349. The molecule has 0 saturated heterocycles. The quantitative estimate of drug-likeness (QED) is 0.219. The van der Waals surface area contributed by atoms with Gasteiger partial charge in [0.1, 0.15) is 23.1 Å². The van der Waals surface area contributed by atoms with E-state index in [0.717, 1.165) is 43.5 Å². The van der Waals surface area contributed by atoms with E-state index in [0.29, 0.717) is 17.4 Å². The molecular weight excluding hydrogens is 494 g/mol. The van der Waals surface area contributed by atoms with Gasteiger partial charge in [0.05, 0.1) is 22.1 Å². The summed E-state index contributed by atoms with van der Waals surface area (Å²) in [5.41, 5.74) is 16.0. The van der Waals surface area contributed by atoms with Crippen LogP contribution in [-0.4, -0.2) is 25.5 Å². The maximum absolute atomic E-state index is 6.28. The molecule has 4 aromatic heterocycles. The Labute approximate surface area is 225 Å². The summed E-state index contributed by atoms with van der Waals surface area (Å²) in [5.74, 6) is 2.24. The molecule has 8 nitrogen and oxygen atoms in total. The van der Waals surface area contributed by atoms with Crippen LogP contribution in [0.1, 0.15) is 39.0 Å². The minimum absolute atomic E-state index is 0.117. The number of thiazole rings is 1. The maximum atomic E-state index is 6.28. The highest BCUT2D eigenvalue weighted by molar-refractivity contribution is 7.22. The summed E-state index contributed by atoms with van der Waals surface area (Å²) in [6.07, 6.45) is 11.4. The number of pyridine rings is 3. The average Bonchev–Trinajstić information content (AvgIpc) is 3.31. The van der Waals surface area contributed by atoms with E-state index in [-0.39, 0.29) is 5.54 Å². The number of benzene rings is 1. The van der Waals surface area contributed by atoms with Gasteiger partial charge in [-0.1, -0.05) is 30.6 Å². The molecule has 0 amide bonds. The first kappa shape index (κ1) is 24.1. The smallest absolute Gasteiger partial charge is 0.184 e. The van der Waals surface area contributed by atoms with E-state index in [1.807, 2.05) is 36.4 Å². The van der Waals surface area contributed by atoms with E-state index < -0.39 is 0 Å². The molecule has 1 fully saturated rings. The number of hydrogen-bond acceptors (Lipinski definition) is 9. The molecular formula is C29H29N7OS. The number of nitrogens with two attached hydrogens (primary N) is 2. The normalized spacial score (nSPS) is 14.9. The van der Waals surface area contributed by atoms with Crippen LogP contribution in [0.3, 0.4) is 0 Å². The van der Waals surface area contributed by atoms with Crippen molar-refractivity contribution in [1.82, 2.24) is 19.9 Å². The topological polar surface area (TPSA) is 125 Å². The van der Waals surface area contributed by atoms with E-state index in [2.05, 4.69) is 22.2 Å². The van der Waals surface area contributed by atoms with Gasteiger partial charge in [-0.2, -0.15) is 0 Å². The molecule has 1 aliphatic carbocycles. The van der Waals surface area contributed by atoms with Crippen molar-refractivity contribution >= 4 is 38.3 Å². The van der Waals surface area contributed by atoms with Crippen molar-refractivity contribution in [3.05, 3.63) is 67.1 Å². The third kappa shape index (κ3) is 5.10. The number of nitrogen functional groups attached to an aromatic ring is 2. The number of fused-ring (bicyclic) bond motifs is 1. The highest BCUT2D eigenvalue weighted by atomic mass is 32.1. The SMILES string of the molecule is CC1(Nc2nc3ccc(Oc4cnc(-c5ccc(N)nc5)c(-c5ccc(N)nc5)c4)cc3s2)CCCCC1. The van der Waals surface area contributed by atoms with Crippen LogP contribution in [0.4, 0.5) is 16.8 Å². The highest BCUT2D eigenvalue weighted by Gasteiger charge is 2.27. The molecule has 0 radical (unpaired) electrons. The Balaban J connectivity index is 1.30.